The zero-order chi connectivity index (χ0) is 18.3. The Morgan fingerprint density at radius 2 is 1.92 bits per heavy atom. The van der Waals surface area contributed by atoms with E-state index in [-0.39, 0.29) is 27.1 Å². The average molecular weight is 383 g/mol. The Hall–Kier alpha value is -2.09. The van der Waals surface area contributed by atoms with Crippen LogP contribution >= 0.6 is 11.6 Å². The fourth-order valence-electron chi connectivity index (χ4n) is 2.07. The van der Waals surface area contributed by atoms with Crippen molar-refractivity contribution in [1.82, 2.24) is 5.32 Å². The Kier molecular flexibility index (Phi) is 6.81. The summed E-state index contributed by atoms with van der Waals surface area (Å²) in [6.45, 7) is 0.984. The maximum absolute atomic E-state index is 12.5. The second kappa shape index (κ2) is 8.84. The van der Waals surface area contributed by atoms with Crippen LogP contribution in [0.15, 0.2) is 53.4 Å². The Morgan fingerprint density at radius 3 is 2.64 bits per heavy atom. The molecule has 0 saturated carbocycles. The van der Waals surface area contributed by atoms with Gasteiger partial charge in [-0.2, -0.15) is 0 Å². The highest BCUT2D eigenvalue weighted by molar-refractivity contribution is 7.92. The van der Waals surface area contributed by atoms with Crippen molar-refractivity contribution in [2.75, 3.05) is 25.0 Å². The molecule has 2 N–H and O–H groups in total. The van der Waals surface area contributed by atoms with Gasteiger partial charge in [-0.05, 0) is 36.8 Å². The molecule has 2 aromatic rings. The number of carbonyl (C=O) groups is 1. The van der Waals surface area contributed by atoms with Crippen LogP contribution < -0.4 is 10.0 Å². The molecule has 0 atom stereocenters. The van der Waals surface area contributed by atoms with Crippen molar-refractivity contribution in [2.45, 2.75) is 11.3 Å². The lowest BCUT2D eigenvalue weighted by Crippen LogP contribution is -2.25. The number of sulfonamides is 1. The van der Waals surface area contributed by atoms with Gasteiger partial charge in [-0.1, -0.05) is 29.8 Å². The summed E-state index contributed by atoms with van der Waals surface area (Å²) in [5.41, 5.74) is 0.540. The van der Waals surface area contributed by atoms with E-state index >= 15 is 0 Å². The number of nitrogens with one attached hydrogen (secondary N) is 2. The molecule has 134 valence electrons. The highest BCUT2D eigenvalue weighted by Crippen LogP contribution is 2.24. The molecule has 0 fully saturated rings. The monoisotopic (exact) mass is 382 g/mol. The smallest absolute Gasteiger partial charge is 0.261 e. The van der Waals surface area contributed by atoms with Crippen molar-refractivity contribution in [3.8, 4) is 0 Å². The molecule has 1 amide bonds. The minimum atomic E-state index is -3.86. The predicted molar refractivity (Wildman–Crippen MR) is 97.5 cm³/mol. The number of hydrogen-bond acceptors (Lipinski definition) is 4. The van der Waals surface area contributed by atoms with Gasteiger partial charge < -0.3 is 10.1 Å². The fraction of sp³-hybridized carbons (Fsp3) is 0.235. The van der Waals surface area contributed by atoms with Crippen LogP contribution in [0.3, 0.4) is 0 Å². The molecular formula is C17H19ClN2O4S. The Bertz CT molecular complexity index is 840. The minimum absolute atomic E-state index is 0.0167. The molecule has 0 aromatic heterocycles. The lowest BCUT2D eigenvalue weighted by atomic mass is 10.2. The summed E-state index contributed by atoms with van der Waals surface area (Å²) < 4.78 is 32.4. The van der Waals surface area contributed by atoms with E-state index in [1.807, 2.05) is 0 Å². The molecule has 6 nitrogen and oxygen atoms in total. The van der Waals surface area contributed by atoms with Gasteiger partial charge in [-0.15, -0.1) is 0 Å². The molecule has 0 spiro atoms. The van der Waals surface area contributed by atoms with Gasteiger partial charge >= 0.3 is 0 Å². The van der Waals surface area contributed by atoms with E-state index < -0.39 is 10.0 Å². The topological polar surface area (TPSA) is 84.5 Å². The van der Waals surface area contributed by atoms with Crippen molar-refractivity contribution in [2.24, 2.45) is 0 Å². The molecule has 25 heavy (non-hydrogen) atoms. The number of hydrogen-bond donors (Lipinski definition) is 2. The molecule has 8 heteroatoms. The van der Waals surface area contributed by atoms with Gasteiger partial charge in [0.1, 0.15) is 0 Å². The number of anilines is 1. The summed E-state index contributed by atoms with van der Waals surface area (Å²) >= 11 is 5.98. The van der Waals surface area contributed by atoms with Gasteiger partial charge in [0, 0.05) is 25.8 Å². The number of benzene rings is 2. The molecule has 2 aromatic carbocycles. The van der Waals surface area contributed by atoms with E-state index in [0.717, 1.165) is 0 Å². The van der Waals surface area contributed by atoms with Crippen LogP contribution in [0.25, 0.3) is 0 Å². The number of para-hydroxylation sites is 1. The van der Waals surface area contributed by atoms with Crippen molar-refractivity contribution in [3.63, 3.8) is 0 Å². The highest BCUT2D eigenvalue weighted by Gasteiger charge is 2.17. The molecular weight excluding hydrogens is 364 g/mol. The molecule has 0 bridgehead atoms. The molecule has 0 saturated heterocycles. The first-order valence-electron chi connectivity index (χ1n) is 7.58. The summed E-state index contributed by atoms with van der Waals surface area (Å²) in [6.07, 6.45) is 0.675. The SMILES string of the molecule is COCCCNC(=O)c1cccc(S(=O)(=O)Nc2ccccc2Cl)c1. The van der Waals surface area contributed by atoms with Gasteiger partial charge in [0.25, 0.3) is 15.9 Å². The maximum atomic E-state index is 12.5. The number of methoxy groups -OCH3 is 1. The van der Waals surface area contributed by atoms with Crippen LogP contribution in [-0.2, 0) is 14.8 Å². The third-order valence-corrected chi connectivity index (χ3v) is 5.03. The average Bonchev–Trinajstić information content (AvgIpc) is 2.60. The van der Waals surface area contributed by atoms with Crippen LogP contribution in [0, 0.1) is 0 Å². The lowest BCUT2D eigenvalue weighted by molar-refractivity contribution is 0.0948. The fourth-order valence-corrected chi connectivity index (χ4v) is 3.44. The minimum Gasteiger partial charge on any atom is -0.385 e. The van der Waals surface area contributed by atoms with Crippen LogP contribution in [0.4, 0.5) is 5.69 Å². The Morgan fingerprint density at radius 1 is 1.16 bits per heavy atom. The molecule has 0 aliphatic rings. The van der Waals surface area contributed by atoms with E-state index in [1.54, 1.807) is 37.4 Å². The standard InChI is InChI=1S/C17H19ClN2O4S/c1-24-11-5-10-19-17(21)13-6-4-7-14(12-13)25(22,23)20-16-9-3-2-8-15(16)18/h2-4,6-9,12,20H,5,10-11H2,1H3,(H,19,21). The Balaban J connectivity index is 2.14. The van der Waals surface area contributed by atoms with Gasteiger partial charge in [0.15, 0.2) is 0 Å². The number of amides is 1. The summed E-state index contributed by atoms with van der Waals surface area (Å²) in [4.78, 5) is 12.1. The quantitative estimate of drug-likeness (QED) is 0.687. The number of carbonyl (C=O) groups excluding carboxylic acids is 1. The van der Waals surface area contributed by atoms with Crippen LogP contribution in [0.2, 0.25) is 5.02 Å². The normalized spacial score (nSPS) is 11.1. The second-order valence-corrected chi connectivity index (χ2v) is 7.31. The van der Waals surface area contributed by atoms with Gasteiger partial charge in [0.05, 0.1) is 15.6 Å². The van der Waals surface area contributed by atoms with Crippen molar-refractivity contribution >= 4 is 33.2 Å². The van der Waals surface area contributed by atoms with E-state index in [0.29, 0.717) is 19.6 Å². The molecule has 0 radical (unpaired) electrons. The summed E-state index contributed by atoms with van der Waals surface area (Å²) in [5.74, 6) is -0.342. The third-order valence-electron chi connectivity index (χ3n) is 3.34. The van der Waals surface area contributed by atoms with Gasteiger partial charge in [-0.25, -0.2) is 8.42 Å². The van der Waals surface area contributed by atoms with E-state index in [4.69, 9.17) is 16.3 Å². The number of rotatable bonds is 8. The number of ether oxygens (including phenoxy) is 1. The first kappa shape index (κ1) is 19.2. The summed E-state index contributed by atoms with van der Waals surface area (Å²) in [7, 11) is -2.27. The molecule has 0 aliphatic heterocycles. The van der Waals surface area contributed by atoms with Gasteiger partial charge in [-0.3, -0.25) is 9.52 Å². The van der Waals surface area contributed by atoms with Crippen LogP contribution in [-0.4, -0.2) is 34.6 Å². The Labute approximate surface area is 152 Å². The first-order chi connectivity index (χ1) is 11.9. The van der Waals surface area contributed by atoms with Crippen molar-refractivity contribution < 1.29 is 17.9 Å². The molecule has 0 aliphatic carbocycles. The van der Waals surface area contributed by atoms with Crippen LogP contribution in [0.5, 0.6) is 0 Å². The number of halogens is 1. The van der Waals surface area contributed by atoms with Crippen molar-refractivity contribution in [1.29, 1.82) is 0 Å². The molecule has 2 rings (SSSR count). The third kappa shape index (κ3) is 5.45. The van der Waals surface area contributed by atoms with E-state index in [9.17, 15) is 13.2 Å². The largest absolute Gasteiger partial charge is 0.385 e. The van der Waals surface area contributed by atoms with Gasteiger partial charge in [0.2, 0.25) is 0 Å². The van der Waals surface area contributed by atoms with E-state index in [1.165, 1.54) is 18.2 Å². The summed E-state index contributed by atoms with van der Waals surface area (Å²) in [5, 5.41) is 3.01. The van der Waals surface area contributed by atoms with Crippen LogP contribution in [0.1, 0.15) is 16.8 Å². The summed E-state index contributed by atoms with van der Waals surface area (Å²) in [6, 6.07) is 12.3. The molecule has 0 heterocycles. The zero-order valence-electron chi connectivity index (χ0n) is 13.7. The first-order valence-corrected chi connectivity index (χ1v) is 9.45. The maximum Gasteiger partial charge on any atom is 0.261 e. The van der Waals surface area contributed by atoms with Crippen molar-refractivity contribution in [3.05, 3.63) is 59.1 Å². The highest BCUT2D eigenvalue weighted by atomic mass is 35.5. The predicted octanol–water partition coefficient (Wildman–Crippen LogP) is 2.91. The lowest BCUT2D eigenvalue weighted by Gasteiger charge is -2.11. The van der Waals surface area contributed by atoms with E-state index in [2.05, 4.69) is 10.0 Å². The second-order valence-electron chi connectivity index (χ2n) is 5.22. The molecule has 0 unspecified atom stereocenters. The zero-order valence-corrected chi connectivity index (χ0v) is 15.2.